The SMILES string of the molecule is Cn1nc(-c2cc3oc(=O)sc3cc2O)cc1N. The highest BCUT2D eigenvalue weighted by Gasteiger charge is 2.13. The molecule has 0 radical (unpaired) electrons. The van der Waals surface area contributed by atoms with E-state index in [2.05, 4.69) is 5.10 Å². The molecule has 0 spiro atoms. The summed E-state index contributed by atoms with van der Waals surface area (Å²) in [6.45, 7) is 0. The molecule has 0 aliphatic heterocycles. The van der Waals surface area contributed by atoms with E-state index in [1.807, 2.05) is 0 Å². The van der Waals surface area contributed by atoms with Crippen molar-refractivity contribution in [2.75, 3.05) is 5.73 Å². The van der Waals surface area contributed by atoms with Crippen LogP contribution >= 0.6 is 11.3 Å². The average Bonchev–Trinajstić information content (AvgIpc) is 2.80. The molecule has 0 saturated heterocycles. The molecule has 1 aromatic carbocycles. The van der Waals surface area contributed by atoms with Gasteiger partial charge < -0.3 is 15.3 Å². The zero-order valence-corrected chi connectivity index (χ0v) is 10.2. The smallest absolute Gasteiger partial charge is 0.396 e. The Morgan fingerprint density at radius 2 is 2.22 bits per heavy atom. The fraction of sp³-hybridized carbons (Fsp3) is 0.0909. The molecular formula is C11H9N3O3S. The molecule has 92 valence electrons. The minimum atomic E-state index is -0.401. The van der Waals surface area contributed by atoms with Gasteiger partial charge in [0.25, 0.3) is 0 Å². The van der Waals surface area contributed by atoms with E-state index in [-0.39, 0.29) is 5.75 Å². The molecule has 2 aromatic heterocycles. The zero-order chi connectivity index (χ0) is 12.9. The van der Waals surface area contributed by atoms with Crippen LogP contribution in [0, 0.1) is 0 Å². The predicted molar refractivity (Wildman–Crippen MR) is 68.6 cm³/mol. The minimum absolute atomic E-state index is 0.0395. The Morgan fingerprint density at radius 3 is 2.89 bits per heavy atom. The molecule has 0 aliphatic rings. The quantitative estimate of drug-likeness (QED) is 0.694. The van der Waals surface area contributed by atoms with E-state index in [1.54, 1.807) is 19.2 Å². The Morgan fingerprint density at radius 1 is 1.44 bits per heavy atom. The highest BCUT2D eigenvalue weighted by molar-refractivity contribution is 7.16. The first-order chi connectivity index (χ1) is 8.54. The lowest BCUT2D eigenvalue weighted by Crippen LogP contribution is -1.96. The summed E-state index contributed by atoms with van der Waals surface area (Å²) in [5.74, 6) is 0.522. The van der Waals surface area contributed by atoms with Crippen LogP contribution in [0.1, 0.15) is 0 Å². The van der Waals surface area contributed by atoms with Gasteiger partial charge >= 0.3 is 4.94 Å². The molecule has 3 N–H and O–H groups in total. The molecule has 0 amide bonds. The summed E-state index contributed by atoms with van der Waals surface area (Å²) in [6, 6.07) is 4.72. The Kier molecular flexibility index (Phi) is 2.17. The standard InChI is InChI=1S/C11H9N3O3S/c1-14-10(12)3-6(13-14)5-2-8-9(4-7(5)15)18-11(16)17-8/h2-4,15H,12H2,1H3. The van der Waals surface area contributed by atoms with Crippen molar-refractivity contribution in [1.82, 2.24) is 9.78 Å². The molecule has 0 fully saturated rings. The third-order valence-electron chi connectivity index (χ3n) is 2.64. The van der Waals surface area contributed by atoms with Crippen molar-refractivity contribution < 1.29 is 9.52 Å². The van der Waals surface area contributed by atoms with Crippen LogP contribution in [0.3, 0.4) is 0 Å². The maximum atomic E-state index is 11.1. The fourth-order valence-corrected chi connectivity index (χ4v) is 2.41. The number of benzene rings is 1. The van der Waals surface area contributed by atoms with Crippen LogP contribution in [0.25, 0.3) is 21.5 Å². The summed E-state index contributed by atoms with van der Waals surface area (Å²) in [5, 5.41) is 14.1. The minimum Gasteiger partial charge on any atom is -0.507 e. The number of aromatic hydroxyl groups is 1. The van der Waals surface area contributed by atoms with Crippen LogP contribution < -0.4 is 10.7 Å². The van der Waals surface area contributed by atoms with E-state index in [1.165, 1.54) is 10.7 Å². The third kappa shape index (κ3) is 1.56. The van der Waals surface area contributed by atoms with Gasteiger partial charge in [-0.15, -0.1) is 0 Å². The van der Waals surface area contributed by atoms with Gasteiger partial charge in [0, 0.05) is 24.7 Å². The molecule has 0 atom stereocenters. The number of phenolic OH excluding ortho intramolecular Hbond substituents is 1. The number of nitrogens with zero attached hydrogens (tertiary/aromatic N) is 2. The van der Waals surface area contributed by atoms with Crippen molar-refractivity contribution in [2.24, 2.45) is 7.05 Å². The van der Waals surface area contributed by atoms with Gasteiger partial charge in [-0.1, -0.05) is 11.3 Å². The van der Waals surface area contributed by atoms with Crippen LogP contribution in [0.2, 0.25) is 0 Å². The van der Waals surface area contributed by atoms with Crippen molar-refractivity contribution >= 4 is 27.4 Å². The number of nitrogens with two attached hydrogens (primary N) is 1. The maximum Gasteiger partial charge on any atom is 0.396 e. The van der Waals surface area contributed by atoms with Crippen LogP contribution in [-0.4, -0.2) is 14.9 Å². The van der Waals surface area contributed by atoms with Crippen molar-refractivity contribution in [1.29, 1.82) is 0 Å². The molecule has 3 aromatic rings. The zero-order valence-electron chi connectivity index (χ0n) is 9.38. The second-order valence-corrected chi connectivity index (χ2v) is 4.83. The van der Waals surface area contributed by atoms with Crippen LogP contribution in [0.5, 0.6) is 5.75 Å². The second-order valence-electron chi connectivity index (χ2n) is 3.85. The molecule has 3 rings (SSSR count). The summed E-state index contributed by atoms with van der Waals surface area (Å²) < 4.78 is 7.11. The molecule has 0 unspecified atom stereocenters. The number of hydrogen-bond acceptors (Lipinski definition) is 6. The molecule has 6 nitrogen and oxygen atoms in total. The van der Waals surface area contributed by atoms with Gasteiger partial charge in [0.05, 0.1) is 10.4 Å². The Bertz CT molecular complexity index is 780. The van der Waals surface area contributed by atoms with Crippen molar-refractivity contribution in [3.63, 3.8) is 0 Å². The number of phenols is 1. The summed E-state index contributed by atoms with van der Waals surface area (Å²) in [5.41, 5.74) is 7.14. The average molecular weight is 263 g/mol. The number of anilines is 1. The van der Waals surface area contributed by atoms with E-state index in [9.17, 15) is 9.90 Å². The summed E-state index contributed by atoms with van der Waals surface area (Å²) in [4.78, 5) is 10.7. The van der Waals surface area contributed by atoms with Gasteiger partial charge in [-0.25, -0.2) is 4.79 Å². The maximum absolute atomic E-state index is 11.1. The lowest BCUT2D eigenvalue weighted by molar-refractivity contribution is 0.477. The molecule has 2 heterocycles. The molecule has 0 bridgehead atoms. The van der Waals surface area contributed by atoms with Gasteiger partial charge in [0.2, 0.25) is 0 Å². The fourth-order valence-electron chi connectivity index (χ4n) is 1.73. The van der Waals surface area contributed by atoms with Crippen molar-refractivity contribution in [3.05, 3.63) is 27.9 Å². The highest BCUT2D eigenvalue weighted by Crippen LogP contribution is 2.34. The lowest BCUT2D eigenvalue weighted by Gasteiger charge is -2.00. The van der Waals surface area contributed by atoms with E-state index in [4.69, 9.17) is 10.2 Å². The first kappa shape index (κ1) is 10.8. The first-order valence-electron chi connectivity index (χ1n) is 5.11. The first-order valence-corrected chi connectivity index (χ1v) is 5.93. The summed E-state index contributed by atoms with van der Waals surface area (Å²) in [7, 11) is 1.71. The van der Waals surface area contributed by atoms with Gasteiger partial charge in [-0.2, -0.15) is 5.10 Å². The highest BCUT2D eigenvalue weighted by atomic mass is 32.1. The van der Waals surface area contributed by atoms with Crippen LogP contribution in [-0.2, 0) is 7.05 Å². The number of hydrogen-bond donors (Lipinski definition) is 2. The van der Waals surface area contributed by atoms with Gasteiger partial charge in [-0.3, -0.25) is 4.68 Å². The second kappa shape index (κ2) is 3.61. The molecule has 0 saturated carbocycles. The summed E-state index contributed by atoms with van der Waals surface area (Å²) >= 11 is 0.946. The van der Waals surface area contributed by atoms with Crippen LogP contribution in [0.4, 0.5) is 5.82 Å². The molecule has 18 heavy (non-hydrogen) atoms. The van der Waals surface area contributed by atoms with Gasteiger partial charge in [0.1, 0.15) is 17.2 Å². The van der Waals surface area contributed by atoms with Crippen molar-refractivity contribution in [2.45, 2.75) is 0 Å². The topological polar surface area (TPSA) is 94.3 Å². The number of nitrogen functional groups attached to an aromatic ring is 1. The van der Waals surface area contributed by atoms with Gasteiger partial charge in [-0.05, 0) is 6.07 Å². The summed E-state index contributed by atoms with van der Waals surface area (Å²) in [6.07, 6.45) is 0. The monoisotopic (exact) mass is 263 g/mol. The molecular weight excluding hydrogens is 254 g/mol. The number of fused-ring (bicyclic) bond motifs is 1. The van der Waals surface area contributed by atoms with Crippen LogP contribution in [0.15, 0.2) is 27.4 Å². The number of rotatable bonds is 1. The Balaban J connectivity index is 2.27. The van der Waals surface area contributed by atoms with E-state index in [0.717, 1.165) is 11.3 Å². The Labute approximate surface area is 105 Å². The van der Waals surface area contributed by atoms with E-state index < -0.39 is 4.94 Å². The van der Waals surface area contributed by atoms with E-state index >= 15 is 0 Å². The molecule has 0 aliphatic carbocycles. The number of aryl methyl sites for hydroxylation is 1. The predicted octanol–water partition coefficient (Wildman–Crippen LogP) is 1.54. The van der Waals surface area contributed by atoms with Crippen molar-refractivity contribution in [3.8, 4) is 17.0 Å². The number of aromatic nitrogens is 2. The largest absolute Gasteiger partial charge is 0.507 e. The third-order valence-corrected chi connectivity index (χ3v) is 3.43. The van der Waals surface area contributed by atoms with Gasteiger partial charge in [0.15, 0.2) is 0 Å². The van der Waals surface area contributed by atoms with E-state index in [0.29, 0.717) is 27.4 Å². The Hall–Kier alpha value is -2.28. The lowest BCUT2D eigenvalue weighted by atomic mass is 10.1. The normalized spacial score (nSPS) is 11.2. The molecule has 7 heteroatoms.